The lowest BCUT2D eigenvalue weighted by atomic mass is 10.2. The third-order valence-corrected chi connectivity index (χ3v) is 2.77. The van der Waals surface area contributed by atoms with Gasteiger partial charge in [-0.1, -0.05) is 18.2 Å². The van der Waals surface area contributed by atoms with Crippen LogP contribution in [0.15, 0.2) is 30.3 Å². The molecule has 1 amide bonds. The van der Waals surface area contributed by atoms with Crippen LogP contribution in [0.2, 0.25) is 0 Å². The van der Waals surface area contributed by atoms with E-state index < -0.39 is 0 Å². The van der Waals surface area contributed by atoms with Crippen LogP contribution in [0.4, 0.5) is 5.69 Å². The molecule has 5 nitrogen and oxygen atoms in total. The predicted octanol–water partition coefficient (Wildman–Crippen LogP) is 1.56. The largest absolute Gasteiger partial charge is 0.383 e. The number of hydrogen-bond acceptors (Lipinski definition) is 4. The Morgan fingerprint density at radius 2 is 2.15 bits per heavy atom. The summed E-state index contributed by atoms with van der Waals surface area (Å²) >= 11 is 0. The highest BCUT2D eigenvalue weighted by Crippen LogP contribution is 2.13. The summed E-state index contributed by atoms with van der Waals surface area (Å²) in [6, 6.07) is 11.7. The fraction of sp³-hybridized carbons (Fsp3) is 0.467. The van der Waals surface area contributed by atoms with E-state index in [1.807, 2.05) is 42.2 Å². The molecule has 0 saturated carbocycles. The number of carbonyl (C=O) groups is 1. The van der Waals surface area contributed by atoms with Crippen molar-refractivity contribution in [1.29, 1.82) is 5.26 Å². The Kier molecular flexibility index (Phi) is 7.15. The van der Waals surface area contributed by atoms with Gasteiger partial charge in [-0.15, -0.1) is 0 Å². The molecule has 0 aliphatic heterocycles. The fourth-order valence-corrected chi connectivity index (χ4v) is 1.91. The first-order valence-electron chi connectivity index (χ1n) is 6.62. The third kappa shape index (κ3) is 5.72. The number of nitriles is 1. The number of para-hydroxylation sites is 1. The molecule has 5 heteroatoms. The lowest BCUT2D eigenvalue weighted by Gasteiger charge is -2.24. The zero-order chi connectivity index (χ0) is 14.8. The van der Waals surface area contributed by atoms with E-state index in [-0.39, 0.29) is 18.5 Å². The Balaban J connectivity index is 2.61. The molecular formula is C15H21N3O2. The number of benzene rings is 1. The maximum atomic E-state index is 12.0. The molecule has 1 atom stereocenters. The van der Waals surface area contributed by atoms with Crippen LogP contribution in [0.3, 0.4) is 0 Å². The molecule has 20 heavy (non-hydrogen) atoms. The number of nitrogens with one attached hydrogen (secondary N) is 1. The normalized spacial score (nSPS) is 11.4. The maximum absolute atomic E-state index is 12.0. The van der Waals surface area contributed by atoms with Crippen molar-refractivity contribution in [2.24, 2.45) is 0 Å². The molecule has 0 fully saturated rings. The van der Waals surface area contributed by atoms with E-state index in [9.17, 15) is 4.79 Å². The van der Waals surface area contributed by atoms with Crippen molar-refractivity contribution in [2.75, 3.05) is 31.7 Å². The van der Waals surface area contributed by atoms with Gasteiger partial charge in [0, 0.05) is 25.4 Å². The Morgan fingerprint density at radius 1 is 1.45 bits per heavy atom. The molecule has 108 valence electrons. The van der Waals surface area contributed by atoms with Crippen LogP contribution < -0.4 is 10.2 Å². The lowest BCUT2D eigenvalue weighted by Crippen LogP contribution is -2.43. The van der Waals surface area contributed by atoms with Crippen molar-refractivity contribution in [3.63, 3.8) is 0 Å². The third-order valence-electron chi connectivity index (χ3n) is 2.77. The van der Waals surface area contributed by atoms with Crippen LogP contribution in [0.5, 0.6) is 0 Å². The van der Waals surface area contributed by atoms with Crippen molar-refractivity contribution in [3.8, 4) is 6.07 Å². The number of hydrogen-bond donors (Lipinski definition) is 1. The number of rotatable bonds is 8. The second kappa shape index (κ2) is 8.94. The summed E-state index contributed by atoms with van der Waals surface area (Å²) in [5.41, 5.74) is 0.942. The van der Waals surface area contributed by atoms with E-state index in [4.69, 9.17) is 10.00 Å². The van der Waals surface area contributed by atoms with Gasteiger partial charge in [-0.2, -0.15) is 5.26 Å². The summed E-state index contributed by atoms with van der Waals surface area (Å²) in [5, 5.41) is 11.6. The molecule has 0 spiro atoms. The molecule has 1 aromatic carbocycles. The summed E-state index contributed by atoms with van der Waals surface area (Å²) in [7, 11) is 1.60. The maximum Gasteiger partial charge on any atom is 0.239 e. The number of ether oxygens (including phenoxy) is 1. The van der Waals surface area contributed by atoms with Gasteiger partial charge in [0.25, 0.3) is 0 Å². The Hall–Kier alpha value is -2.06. The van der Waals surface area contributed by atoms with Crippen LogP contribution in [0, 0.1) is 11.3 Å². The van der Waals surface area contributed by atoms with E-state index >= 15 is 0 Å². The lowest BCUT2D eigenvalue weighted by molar-refractivity contribution is -0.120. The summed E-state index contributed by atoms with van der Waals surface area (Å²) < 4.78 is 4.99. The standard InChI is InChI=1S/C15H21N3O2/c1-13(12-20-2)17-15(19)11-18(10-6-9-16)14-7-4-3-5-8-14/h3-5,7-8,13H,6,10-12H2,1-2H3,(H,17,19). The van der Waals surface area contributed by atoms with Crippen molar-refractivity contribution in [2.45, 2.75) is 19.4 Å². The molecule has 0 bridgehead atoms. The fourth-order valence-electron chi connectivity index (χ4n) is 1.91. The van der Waals surface area contributed by atoms with E-state index in [1.54, 1.807) is 7.11 Å². The Morgan fingerprint density at radius 3 is 2.75 bits per heavy atom. The number of nitrogens with zero attached hydrogens (tertiary/aromatic N) is 2. The van der Waals surface area contributed by atoms with Gasteiger partial charge < -0.3 is 15.0 Å². The zero-order valence-corrected chi connectivity index (χ0v) is 12.0. The first kappa shape index (κ1) is 16.0. The topological polar surface area (TPSA) is 65.4 Å². The first-order valence-corrected chi connectivity index (χ1v) is 6.62. The molecule has 0 aliphatic rings. The average molecular weight is 275 g/mol. The first-order chi connectivity index (χ1) is 9.67. The number of carbonyl (C=O) groups excluding carboxylic acids is 1. The SMILES string of the molecule is COCC(C)NC(=O)CN(CCC#N)c1ccccc1. The molecule has 0 saturated heterocycles. The van der Waals surface area contributed by atoms with Crippen molar-refractivity contribution in [1.82, 2.24) is 5.32 Å². The Bertz CT molecular complexity index is 442. The molecule has 0 radical (unpaired) electrons. The molecular weight excluding hydrogens is 254 g/mol. The molecule has 0 heterocycles. The van der Waals surface area contributed by atoms with Crippen molar-refractivity contribution in [3.05, 3.63) is 30.3 Å². The predicted molar refractivity (Wildman–Crippen MR) is 78.4 cm³/mol. The van der Waals surface area contributed by atoms with Gasteiger partial charge in [0.05, 0.1) is 25.6 Å². The summed E-state index contributed by atoms with van der Waals surface area (Å²) in [4.78, 5) is 13.9. The smallest absolute Gasteiger partial charge is 0.239 e. The average Bonchev–Trinajstić information content (AvgIpc) is 2.44. The number of anilines is 1. The number of amides is 1. The minimum atomic E-state index is -0.0728. The van der Waals surface area contributed by atoms with E-state index in [2.05, 4.69) is 11.4 Å². The van der Waals surface area contributed by atoms with Gasteiger partial charge in [0.1, 0.15) is 0 Å². The van der Waals surface area contributed by atoms with Crippen LogP contribution in [0.1, 0.15) is 13.3 Å². The minimum Gasteiger partial charge on any atom is -0.383 e. The summed E-state index contributed by atoms with van der Waals surface area (Å²) in [6.07, 6.45) is 0.385. The molecule has 1 N–H and O–H groups in total. The highest BCUT2D eigenvalue weighted by molar-refractivity contribution is 5.81. The van der Waals surface area contributed by atoms with Gasteiger partial charge in [-0.05, 0) is 19.1 Å². The van der Waals surface area contributed by atoms with Gasteiger partial charge >= 0.3 is 0 Å². The van der Waals surface area contributed by atoms with Gasteiger partial charge in [-0.25, -0.2) is 0 Å². The van der Waals surface area contributed by atoms with E-state index in [1.165, 1.54) is 0 Å². The van der Waals surface area contributed by atoms with Crippen LogP contribution in [-0.4, -0.2) is 38.8 Å². The van der Waals surface area contributed by atoms with E-state index in [0.717, 1.165) is 5.69 Å². The monoisotopic (exact) mass is 275 g/mol. The van der Waals surface area contributed by atoms with Gasteiger partial charge in [0.15, 0.2) is 0 Å². The molecule has 1 aromatic rings. The minimum absolute atomic E-state index is 0.0268. The molecule has 0 aromatic heterocycles. The van der Waals surface area contributed by atoms with Crippen molar-refractivity contribution < 1.29 is 9.53 Å². The summed E-state index contributed by atoms with van der Waals surface area (Å²) in [6.45, 7) is 3.14. The quantitative estimate of drug-likeness (QED) is 0.782. The van der Waals surface area contributed by atoms with Crippen LogP contribution in [0.25, 0.3) is 0 Å². The van der Waals surface area contributed by atoms with E-state index in [0.29, 0.717) is 19.6 Å². The van der Waals surface area contributed by atoms with Crippen LogP contribution in [-0.2, 0) is 9.53 Å². The van der Waals surface area contributed by atoms with Gasteiger partial charge in [-0.3, -0.25) is 4.79 Å². The van der Waals surface area contributed by atoms with Gasteiger partial charge in [0.2, 0.25) is 5.91 Å². The zero-order valence-electron chi connectivity index (χ0n) is 12.0. The van der Waals surface area contributed by atoms with Crippen LogP contribution >= 0.6 is 0 Å². The second-order valence-corrected chi connectivity index (χ2v) is 4.59. The molecule has 1 unspecified atom stereocenters. The molecule has 1 rings (SSSR count). The highest BCUT2D eigenvalue weighted by atomic mass is 16.5. The number of methoxy groups -OCH3 is 1. The summed E-state index contributed by atoms with van der Waals surface area (Å²) in [5.74, 6) is -0.0728. The van der Waals surface area contributed by atoms with Crippen molar-refractivity contribution >= 4 is 11.6 Å². The highest BCUT2D eigenvalue weighted by Gasteiger charge is 2.13. The second-order valence-electron chi connectivity index (χ2n) is 4.59. The Labute approximate surface area is 120 Å². The molecule has 0 aliphatic carbocycles.